The molecule has 0 aromatic heterocycles. The van der Waals surface area contributed by atoms with E-state index in [0.29, 0.717) is 19.3 Å². The van der Waals surface area contributed by atoms with Crippen molar-refractivity contribution >= 4 is 17.9 Å². The molecule has 0 aliphatic heterocycles. The second-order valence-electron chi connectivity index (χ2n) is 19.1. The van der Waals surface area contributed by atoms with Crippen molar-refractivity contribution in [1.29, 1.82) is 0 Å². The molecule has 0 heterocycles. The molecule has 0 bridgehead atoms. The highest BCUT2D eigenvalue weighted by Crippen LogP contribution is 2.15. The van der Waals surface area contributed by atoms with Crippen molar-refractivity contribution in [2.45, 2.75) is 271 Å². The van der Waals surface area contributed by atoms with Gasteiger partial charge in [0.05, 0.1) is 0 Å². The minimum Gasteiger partial charge on any atom is -0.462 e. The summed E-state index contributed by atoms with van der Waals surface area (Å²) in [6, 6.07) is 0. The first-order valence-electron chi connectivity index (χ1n) is 29.4. The Bertz CT molecular complexity index is 1460. The third kappa shape index (κ3) is 56.9. The number of hydrogen-bond donors (Lipinski definition) is 0. The second-order valence-corrected chi connectivity index (χ2v) is 19.1. The van der Waals surface area contributed by atoms with Crippen molar-refractivity contribution < 1.29 is 28.6 Å². The topological polar surface area (TPSA) is 78.9 Å². The lowest BCUT2D eigenvalue weighted by atomic mass is 10.0. The molecule has 0 radical (unpaired) electrons. The summed E-state index contributed by atoms with van der Waals surface area (Å²) in [4.78, 5) is 38.1. The molecule has 6 heteroatoms. The van der Waals surface area contributed by atoms with Gasteiger partial charge in [-0.1, -0.05) is 246 Å². The molecule has 0 spiro atoms. The summed E-state index contributed by atoms with van der Waals surface area (Å²) in [7, 11) is 0. The number of carbonyl (C=O) groups excluding carboxylic acids is 3. The van der Waals surface area contributed by atoms with Crippen molar-refractivity contribution in [1.82, 2.24) is 0 Å². The monoisotopic (exact) mass is 985 g/mol. The van der Waals surface area contributed by atoms with E-state index < -0.39 is 6.10 Å². The summed E-state index contributed by atoms with van der Waals surface area (Å²) in [6.07, 6.45) is 79.6. The van der Waals surface area contributed by atoms with Gasteiger partial charge in [0.15, 0.2) is 6.10 Å². The van der Waals surface area contributed by atoms with E-state index in [2.05, 4.69) is 124 Å². The van der Waals surface area contributed by atoms with Crippen LogP contribution in [0, 0.1) is 0 Å². The molecule has 71 heavy (non-hydrogen) atoms. The van der Waals surface area contributed by atoms with Crippen LogP contribution in [0.3, 0.4) is 0 Å². The molecule has 0 amide bonds. The van der Waals surface area contributed by atoms with Gasteiger partial charge in [-0.15, -0.1) is 0 Å². The van der Waals surface area contributed by atoms with Crippen LogP contribution in [0.4, 0.5) is 0 Å². The highest BCUT2D eigenvalue weighted by Gasteiger charge is 2.19. The Morgan fingerprint density at radius 3 is 0.944 bits per heavy atom. The fourth-order valence-corrected chi connectivity index (χ4v) is 7.91. The number of unbranched alkanes of at least 4 members (excludes halogenated alkanes) is 23. The van der Waals surface area contributed by atoms with Gasteiger partial charge in [-0.3, -0.25) is 14.4 Å². The third-order valence-corrected chi connectivity index (χ3v) is 12.3. The smallest absolute Gasteiger partial charge is 0.306 e. The fourth-order valence-electron chi connectivity index (χ4n) is 7.91. The fraction of sp³-hybridized carbons (Fsp3) is 0.677. The SMILES string of the molecule is CC/C=C\C/C=C\C/C=C\C/C=C\CCC(=O)OCC(COC(=O)CCCCCCCCCCCCC/C=C\C/C=C\CCCCCCC)OC(=O)CCCCCCCCC/C=C\C/C=C\C/C=C\CC. The van der Waals surface area contributed by atoms with Gasteiger partial charge in [0.25, 0.3) is 0 Å². The van der Waals surface area contributed by atoms with Crippen LogP contribution >= 0.6 is 0 Å². The van der Waals surface area contributed by atoms with E-state index in [9.17, 15) is 14.4 Å². The molecule has 0 rings (SSSR count). The Hall–Kier alpha value is -3.93. The van der Waals surface area contributed by atoms with E-state index in [0.717, 1.165) is 96.3 Å². The molecule has 0 aromatic carbocycles. The van der Waals surface area contributed by atoms with Crippen molar-refractivity contribution in [3.8, 4) is 0 Å². The minimum atomic E-state index is -0.815. The van der Waals surface area contributed by atoms with Crippen LogP contribution in [0.15, 0.2) is 109 Å². The average Bonchev–Trinajstić information content (AvgIpc) is 3.37. The van der Waals surface area contributed by atoms with Gasteiger partial charge in [-0.2, -0.15) is 0 Å². The molecular weight excluding hydrogens is 877 g/mol. The van der Waals surface area contributed by atoms with Crippen molar-refractivity contribution in [2.75, 3.05) is 13.2 Å². The van der Waals surface area contributed by atoms with Gasteiger partial charge in [-0.05, 0) is 109 Å². The summed E-state index contributed by atoms with van der Waals surface area (Å²) in [6.45, 7) is 6.34. The van der Waals surface area contributed by atoms with Crippen LogP contribution in [-0.4, -0.2) is 37.2 Å². The number of rotatable bonds is 52. The normalized spacial score (nSPS) is 12.9. The van der Waals surface area contributed by atoms with E-state index in [4.69, 9.17) is 14.2 Å². The maximum atomic E-state index is 12.9. The lowest BCUT2D eigenvalue weighted by molar-refractivity contribution is -0.166. The second kappa shape index (κ2) is 58.6. The maximum absolute atomic E-state index is 12.9. The van der Waals surface area contributed by atoms with Crippen LogP contribution in [0.5, 0.6) is 0 Å². The van der Waals surface area contributed by atoms with Gasteiger partial charge in [-0.25, -0.2) is 0 Å². The molecule has 0 aromatic rings. The van der Waals surface area contributed by atoms with Gasteiger partial charge in [0, 0.05) is 19.3 Å². The molecule has 0 fully saturated rings. The largest absolute Gasteiger partial charge is 0.462 e. The average molecular weight is 986 g/mol. The first-order valence-corrected chi connectivity index (χ1v) is 29.4. The van der Waals surface area contributed by atoms with Gasteiger partial charge >= 0.3 is 17.9 Å². The summed E-state index contributed by atoms with van der Waals surface area (Å²) >= 11 is 0. The van der Waals surface area contributed by atoms with E-state index in [1.807, 2.05) is 6.08 Å². The van der Waals surface area contributed by atoms with Crippen LogP contribution in [0.1, 0.15) is 265 Å². The van der Waals surface area contributed by atoms with Crippen LogP contribution in [0.2, 0.25) is 0 Å². The standard InChI is InChI=1S/C65H108O6/c1-4-7-10-13-16-19-22-25-27-29-30-31-32-33-34-36-37-40-43-46-49-52-55-58-64(67)70-61-62(60-69-63(66)57-54-51-48-45-42-39-24-21-18-15-12-9-6-3)71-65(68)59-56-53-50-47-44-41-38-35-28-26-23-20-17-14-11-8-5-2/h8-9,11-12,17-18,20-22,25-26,28-30,39,42,48,51,62H,4-7,10,13-16,19,23-24,27,31-38,40-41,43-47,49-50,52-61H2,1-3H3/b11-8-,12-9-,20-17-,21-18-,25-22-,28-26-,30-29-,42-39-,51-48-. The van der Waals surface area contributed by atoms with Gasteiger partial charge < -0.3 is 14.2 Å². The molecule has 1 unspecified atom stereocenters. The predicted octanol–water partition coefficient (Wildman–Crippen LogP) is 19.9. The Kier molecular flexibility index (Phi) is 55.4. The zero-order chi connectivity index (χ0) is 51.4. The number of hydrogen-bond acceptors (Lipinski definition) is 6. The quantitative estimate of drug-likeness (QED) is 0.0261. The van der Waals surface area contributed by atoms with Gasteiger partial charge in [0.2, 0.25) is 0 Å². The summed E-state index contributed by atoms with van der Waals surface area (Å²) in [5.74, 6) is -1.00. The lowest BCUT2D eigenvalue weighted by Gasteiger charge is -2.18. The van der Waals surface area contributed by atoms with Gasteiger partial charge in [0.1, 0.15) is 13.2 Å². The number of allylic oxidation sites excluding steroid dienone is 18. The maximum Gasteiger partial charge on any atom is 0.306 e. The zero-order valence-electron chi connectivity index (χ0n) is 46.2. The van der Waals surface area contributed by atoms with Crippen molar-refractivity contribution in [3.05, 3.63) is 109 Å². The van der Waals surface area contributed by atoms with Crippen LogP contribution < -0.4 is 0 Å². The van der Waals surface area contributed by atoms with E-state index in [1.165, 1.54) is 122 Å². The van der Waals surface area contributed by atoms with Crippen molar-refractivity contribution in [2.24, 2.45) is 0 Å². The molecule has 1 atom stereocenters. The van der Waals surface area contributed by atoms with Crippen LogP contribution in [-0.2, 0) is 28.6 Å². The lowest BCUT2D eigenvalue weighted by Crippen LogP contribution is -2.30. The molecular formula is C65H108O6. The summed E-state index contributed by atoms with van der Waals surface area (Å²) < 4.78 is 16.8. The molecule has 404 valence electrons. The highest BCUT2D eigenvalue weighted by molar-refractivity contribution is 5.71. The van der Waals surface area contributed by atoms with Crippen molar-refractivity contribution in [3.63, 3.8) is 0 Å². The first-order chi connectivity index (χ1) is 35.0. The summed E-state index contributed by atoms with van der Waals surface area (Å²) in [5.41, 5.74) is 0. The molecule has 6 nitrogen and oxygen atoms in total. The first kappa shape index (κ1) is 67.1. The van der Waals surface area contributed by atoms with Crippen LogP contribution in [0.25, 0.3) is 0 Å². The Balaban J connectivity index is 4.40. The molecule has 0 aliphatic carbocycles. The zero-order valence-corrected chi connectivity index (χ0v) is 46.2. The Morgan fingerprint density at radius 2 is 0.577 bits per heavy atom. The molecule has 0 saturated carbocycles. The molecule has 0 N–H and O–H groups in total. The van der Waals surface area contributed by atoms with E-state index in [-0.39, 0.29) is 37.5 Å². The summed E-state index contributed by atoms with van der Waals surface area (Å²) in [5, 5.41) is 0. The number of ether oxygens (including phenoxy) is 3. The molecule has 0 saturated heterocycles. The predicted molar refractivity (Wildman–Crippen MR) is 307 cm³/mol. The highest BCUT2D eigenvalue weighted by atomic mass is 16.6. The molecule has 0 aliphatic rings. The number of carbonyl (C=O) groups is 3. The van der Waals surface area contributed by atoms with E-state index in [1.54, 1.807) is 0 Å². The Morgan fingerprint density at radius 1 is 0.296 bits per heavy atom. The third-order valence-electron chi connectivity index (χ3n) is 12.3. The van der Waals surface area contributed by atoms with E-state index >= 15 is 0 Å². The Labute approximate surface area is 438 Å². The minimum absolute atomic E-state index is 0.106. The number of esters is 3.